The third-order valence-corrected chi connectivity index (χ3v) is 4.99. The van der Waals surface area contributed by atoms with Crippen molar-refractivity contribution in [2.24, 2.45) is 5.92 Å². The van der Waals surface area contributed by atoms with Crippen molar-refractivity contribution in [3.8, 4) is 0 Å². The van der Waals surface area contributed by atoms with Gasteiger partial charge in [0.1, 0.15) is 0 Å². The van der Waals surface area contributed by atoms with Crippen molar-refractivity contribution in [2.75, 3.05) is 13.1 Å². The van der Waals surface area contributed by atoms with E-state index >= 15 is 0 Å². The van der Waals surface area contributed by atoms with E-state index < -0.39 is 5.97 Å². The molecule has 20 heavy (non-hydrogen) atoms. The van der Waals surface area contributed by atoms with Gasteiger partial charge in [-0.3, -0.25) is 4.90 Å². The van der Waals surface area contributed by atoms with Crippen molar-refractivity contribution < 1.29 is 9.90 Å². The van der Waals surface area contributed by atoms with E-state index in [1.165, 1.54) is 43.2 Å². The van der Waals surface area contributed by atoms with Gasteiger partial charge in [-0.25, -0.2) is 4.79 Å². The van der Waals surface area contributed by atoms with Gasteiger partial charge in [0.05, 0.1) is 0 Å². The van der Waals surface area contributed by atoms with Crippen LogP contribution in [0.25, 0.3) is 6.08 Å². The second-order valence-electron chi connectivity index (χ2n) is 5.45. The number of nitrogens with zero attached hydrogens (tertiary/aromatic N) is 1. The summed E-state index contributed by atoms with van der Waals surface area (Å²) in [6.45, 7) is 5.57. The summed E-state index contributed by atoms with van der Waals surface area (Å²) in [5, 5.41) is 10.8. The molecule has 0 saturated carbocycles. The van der Waals surface area contributed by atoms with Gasteiger partial charge in [0, 0.05) is 17.5 Å². The normalized spacial score (nSPS) is 21.1. The molecule has 1 atom stereocenters. The third-order valence-electron chi connectivity index (χ3n) is 4.07. The number of hydrogen-bond donors (Lipinski definition) is 1. The number of likely N-dealkylation sites (tertiary alicyclic amines) is 1. The first-order valence-electron chi connectivity index (χ1n) is 7.38. The summed E-state index contributed by atoms with van der Waals surface area (Å²) in [6, 6.07) is 2.01. The number of carboxylic acids is 1. The van der Waals surface area contributed by atoms with Crippen molar-refractivity contribution in [1.82, 2.24) is 4.90 Å². The first kappa shape index (κ1) is 15.3. The Kier molecular flexibility index (Phi) is 5.80. The van der Waals surface area contributed by atoms with Gasteiger partial charge >= 0.3 is 5.97 Å². The van der Waals surface area contributed by atoms with Gasteiger partial charge in [0.2, 0.25) is 0 Å². The lowest BCUT2D eigenvalue weighted by Gasteiger charge is -2.19. The monoisotopic (exact) mass is 293 g/mol. The van der Waals surface area contributed by atoms with Crippen LogP contribution in [0.4, 0.5) is 0 Å². The average Bonchev–Trinajstić information content (AvgIpc) is 2.73. The smallest absolute Gasteiger partial charge is 0.328 e. The first-order chi connectivity index (χ1) is 9.69. The molecule has 2 heterocycles. The molecule has 1 fully saturated rings. The van der Waals surface area contributed by atoms with Crippen molar-refractivity contribution in [3.63, 3.8) is 0 Å². The number of carboxylic acid groups (broad SMARTS) is 1. The number of thiophene rings is 1. The largest absolute Gasteiger partial charge is 0.478 e. The van der Waals surface area contributed by atoms with Gasteiger partial charge in [-0.1, -0.05) is 13.3 Å². The molecule has 3 nitrogen and oxygen atoms in total. The van der Waals surface area contributed by atoms with E-state index in [2.05, 4.69) is 11.8 Å². The summed E-state index contributed by atoms with van der Waals surface area (Å²) in [7, 11) is 0. The summed E-state index contributed by atoms with van der Waals surface area (Å²) in [5.74, 6) is -0.00239. The maximum absolute atomic E-state index is 10.6. The van der Waals surface area contributed by atoms with Gasteiger partial charge < -0.3 is 5.11 Å². The Balaban J connectivity index is 1.96. The molecular weight excluding hydrogens is 270 g/mol. The molecular formula is C16H23NO2S. The van der Waals surface area contributed by atoms with Crippen LogP contribution in [0.2, 0.25) is 0 Å². The summed E-state index contributed by atoms with van der Waals surface area (Å²) in [6.07, 6.45) is 8.15. The zero-order valence-electron chi connectivity index (χ0n) is 12.0. The van der Waals surface area contributed by atoms with Gasteiger partial charge in [-0.2, -0.15) is 0 Å². The summed E-state index contributed by atoms with van der Waals surface area (Å²) < 4.78 is 0. The zero-order valence-corrected chi connectivity index (χ0v) is 12.9. The van der Waals surface area contributed by atoms with Crippen LogP contribution >= 0.6 is 11.3 Å². The van der Waals surface area contributed by atoms with Crippen LogP contribution in [0, 0.1) is 5.92 Å². The lowest BCUT2D eigenvalue weighted by atomic mass is 9.98. The van der Waals surface area contributed by atoms with Gasteiger partial charge in [-0.15, -0.1) is 11.3 Å². The maximum Gasteiger partial charge on any atom is 0.328 e. The summed E-state index contributed by atoms with van der Waals surface area (Å²) in [4.78, 5) is 14.4. The van der Waals surface area contributed by atoms with E-state index in [4.69, 9.17) is 5.11 Å². The Labute approximate surface area is 124 Å². The minimum Gasteiger partial charge on any atom is -0.478 e. The lowest BCUT2D eigenvalue weighted by molar-refractivity contribution is -0.131. The molecule has 1 unspecified atom stereocenters. The molecule has 0 aliphatic carbocycles. The van der Waals surface area contributed by atoms with Crippen LogP contribution < -0.4 is 0 Å². The molecule has 1 aromatic rings. The van der Waals surface area contributed by atoms with Crippen molar-refractivity contribution in [1.29, 1.82) is 0 Å². The Morgan fingerprint density at radius 1 is 1.50 bits per heavy atom. The van der Waals surface area contributed by atoms with Crippen LogP contribution in [0.15, 0.2) is 17.5 Å². The predicted octanol–water partition coefficient (Wildman–Crippen LogP) is 3.86. The minimum absolute atomic E-state index is 0.884. The summed E-state index contributed by atoms with van der Waals surface area (Å²) >= 11 is 1.72. The van der Waals surface area contributed by atoms with Crippen LogP contribution in [0.5, 0.6) is 0 Å². The number of aliphatic carboxylic acids is 1. The van der Waals surface area contributed by atoms with E-state index in [-0.39, 0.29) is 0 Å². The number of rotatable bonds is 5. The SMILES string of the molecule is CCC1CCCN(Cc2sccc2C=CC(=O)O)CC1. The van der Waals surface area contributed by atoms with Crippen LogP contribution in [0.1, 0.15) is 43.0 Å². The van der Waals surface area contributed by atoms with Gasteiger partial charge in [-0.05, 0) is 61.4 Å². The molecule has 1 saturated heterocycles. The van der Waals surface area contributed by atoms with Crippen molar-refractivity contribution in [2.45, 2.75) is 39.2 Å². The number of carbonyl (C=O) groups is 1. The van der Waals surface area contributed by atoms with Crippen LogP contribution in [-0.2, 0) is 11.3 Å². The van der Waals surface area contributed by atoms with E-state index in [9.17, 15) is 4.79 Å². The Hall–Kier alpha value is -1.13. The molecule has 1 aliphatic rings. The molecule has 2 rings (SSSR count). The van der Waals surface area contributed by atoms with E-state index in [0.29, 0.717) is 0 Å². The molecule has 4 heteroatoms. The van der Waals surface area contributed by atoms with E-state index in [1.807, 2.05) is 11.4 Å². The predicted molar refractivity (Wildman–Crippen MR) is 83.9 cm³/mol. The molecule has 0 radical (unpaired) electrons. The Morgan fingerprint density at radius 2 is 2.35 bits per heavy atom. The molecule has 0 aromatic carbocycles. The second kappa shape index (κ2) is 7.60. The van der Waals surface area contributed by atoms with Crippen molar-refractivity contribution >= 4 is 23.4 Å². The minimum atomic E-state index is -0.886. The zero-order chi connectivity index (χ0) is 14.4. The molecule has 1 N–H and O–H groups in total. The Morgan fingerprint density at radius 3 is 3.10 bits per heavy atom. The number of hydrogen-bond acceptors (Lipinski definition) is 3. The highest BCUT2D eigenvalue weighted by atomic mass is 32.1. The standard InChI is InChI=1S/C16H23NO2S/c1-2-13-4-3-9-17(10-7-13)12-15-14(8-11-20-15)5-6-16(18)19/h5-6,8,11,13H,2-4,7,9-10,12H2,1H3,(H,18,19). The lowest BCUT2D eigenvalue weighted by Crippen LogP contribution is -2.24. The molecule has 110 valence electrons. The average molecular weight is 293 g/mol. The Bertz CT molecular complexity index is 467. The van der Waals surface area contributed by atoms with Crippen molar-refractivity contribution in [3.05, 3.63) is 28.0 Å². The fourth-order valence-corrected chi connectivity index (χ4v) is 3.69. The van der Waals surface area contributed by atoms with E-state index in [1.54, 1.807) is 17.4 Å². The maximum atomic E-state index is 10.6. The molecule has 1 aromatic heterocycles. The molecule has 0 spiro atoms. The molecule has 0 amide bonds. The fourth-order valence-electron chi connectivity index (χ4n) is 2.78. The second-order valence-corrected chi connectivity index (χ2v) is 6.45. The highest BCUT2D eigenvalue weighted by Gasteiger charge is 2.16. The first-order valence-corrected chi connectivity index (χ1v) is 8.26. The molecule has 1 aliphatic heterocycles. The highest BCUT2D eigenvalue weighted by Crippen LogP contribution is 2.24. The molecule has 0 bridgehead atoms. The quantitative estimate of drug-likeness (QED) is 0.838. The van der Waals surface area contributed by atoms with E-state index in [0.717, 1.165) is 24.6 Å². The van der Waals surface area contributed by atoms with Crippen LogP contribution in [0.3, 0.4) is 0 Å². The van der Waals surface area contributed by atoms with Gasteiger partial charge in [0.25, 0.3) is 0 Å². The van der Waals surface area contributed by atoms with Gasteiger partial charge in [0.15, 0.2) is 0 Å². The third kappa shape index (κ3) is 4.46. The fraction of sp³-hybridized carbons (Fsp3) is 0.562. The summed E-state index contributed by atoms with van der Waals surface area (Å²) in [5.41, 5.74) is 1.05. The topological polar surface area (TPSA) is 40.5 Å². The van der Waals surface area contributed by atoms with Crippen LogP contribution in [-0.4, -0.2) is 29.1 Å². The highest BCUT2D eigenvalue weighted by molar-refractivity contribution is 7.10.